The van der Waals surface area contributed by atoms with Crippen molar-refractivity contribution in [2.24, 2.45) is 0 Å². The van der Waals surface area contributed by atoms with Gasteiger partial charge in [0.25, 0.3) is 0 Å². The minimum atomic E-state index is -0.328. The highest BCUT2D eigenvalue weighted by molar-refractivity contribution is 8.00. The molecule has 0 aliphatic heterocycles. The molecule has 27 heavy (non-hydrogen) atoms. The van der Waals surface area contributed by atoms with Crippen LogP contribution >= 0.6 is 23.4 Å². The molecule has 1 atom stereocenters. The Morgan fingerprint density at radius 2 is 1.89 bits per heavy atom. The third kappa shape index (κ3) is 4.87. The maximum Gasteiger partial charge on any atom is 0.237 e. The highest BCUT2D eigenvalue weighted by atomic mass is 35.5. The number of carbonyl (C=O) groups excluding carboxylic acids is 1. The van der Waals surface area contributed by atoms with Crippen LogP contribution in [0.4, 0.5) is 5.69 Å². The number of amides is 1. The highest BCUT2D eigenvalue weighted by Crippen LogP contribution is 2.27. The van der Waals surface area contributed by atoms with Crippen LogP contribution in [0.15, 0.2) is 53.9 Å². The van der Waals surface area contributed by atoms with Crippen LogP contribution in [0.1, 0.15) is 20.3 Å². The Balaban J connectivity index is 1.75. The molecule has 0 radical (unpaired) electrons. The van der Waals surface area contributed by atoms with Crippen molar-refractivity contribution in [2.75, 3.05) is 5.32 Å². The van der Waals surface area contributed by atoms with E-state index < -0.39 is 0 Å². The van der Waals surface area contributed by atoms with Gasteiger partial charge in [-0.25, -0.2) is 0 Å². The molecule has 3 aromatic rings. The maximum absolute atomic E-state index is 12.5. The third-order valence-electron chi connectivity index (χ3n) is 3.87. The standard InChI is InChI=1S/C19H20ClN5OS/c1-3-12-25-17(14-8-10-21-11-9-14)23-24-19(25)27-13(2)18(26)22-16-6-4-15(20)5-7-16/h4-11,13H,3,12H2,1-2H3,(H,22,26). The summed E-state index contributed by atoms with van der Waals surface area (Å²) < 4.78 is 2.05. The molecule has 8 heteroatoms. The normalized spacial score (nSPS) is 12.0. The van der Waals surface area contributed by atoms with E-state index in [0.29, 0.717) is 10.7 Å². The van der Waals surface area contributed by atoms with Crippen molar-refractivity contribution >= 4 is 35.0 Å². The number of nitrogens with zero attached hydrogens (tertiary/aromatic N) is 4. The van der Waals surface area contributed by atoms with E-state index in [0.717, 1.165) is 29.5 Å². The number of benzene rings is 1. The van der Waals surface area contributed by atoms with Crippen molar-refractivity contribution in [3.63, 3.8) is 0 Å². The van der Waals surface area contributed by atoms with Crippen LogP contribution in [0.5, 0.6) is 0 Å². The number of thioether (sulfide) groups is 1. The van der Waals surface area contributed by atoms with Gasteiger partial charge in [0, 0.05) is 35.2 Å². The molecule has 0 saturated heterocycles. The molecule has 0 saturated carbocycles. The molecule has 0 bridgehead atoms. The van der Waals surface area contributed by atoms with Crippen molar-refractivity contribution in [2.45, 2.75) is 37.2 Å². The monoisotopic (exact) mass is 401 g/mol. The summed E-state index contributed by atoms with van der Waals surface area (Å²) in [6.07, 6.45) is 4.40. The van der Waals surface area contributed by atoms with Crippen LogP contribution in [0.2, 0.25) is 5.02 Å². The molecule has 1 N–H and O–H groups in total. The summed E-state index contributed by atoms with van der Waals surface area (Å²) in [6, 6.07) is 10.8. The number of carbonyl (C=O) groups is 1. The minimum absolute atomic E-state index is 0.0983. The predicted octanol–water partition coefficient (Wildman–Crippen LogP) is 4.52. The van der Waals surface area contributed by atoms with E-state index >= 15 is 0 Å². The molecule has 2 aromatic heterocycles. The molecule has 1 amide bonds. The molecule has 140 valence electrons. The first-order valence-electron chi connectivity index (χ1n) is 8.65. The Labute approximate surface area is 167 Å². The average Bonchev–Trinajstić information content (AvgIpc) is 3.07. The predicted molar refractivity (Wildman–Crippen MR) is 109 cm³/mol. The number of nitrogens with one attached hydrogen (secondary N) is 1. The molecule has 1 unspecified atom stereocenters. The molecule has 0 aliphatic carbocycles. The van der Waals surface area contributed by atoms with Crippen LogP contribution in [-0.4, -0.2) is 30.9 Å². The van der Waals surface area contributed by atoms with Gasteiger partial charge >= 0.3 is 0 Å². The van der Waals surface area contributed by atoms with Gasteiger partial charge in [0.05, 0.1) is 5.25 Å². The Hall–Kier alpha value is -2.38. The summed E-state index contributed by atoms with van der Waals surface area (Å²) in [7, 11) is 0. The fourth-order valence-electron chi connectivity index (χ4n) is 2.50. The zero-order chi connectivity index (χ0) is 19.2. The van der Waals surface area contributed by atoms with Gasteiger partial charge in [-0.3, -0.25) is 9.78 Å². The second kappa shape index (κ2) is 9.01. The van der Waals surface area contributed by atoms with Gasteiger partial charge in [-0.15, -0.1) is 10.2 Å². The largest absolute Gasteiger partial charge is 0.325 e. The highest BCUT2D eigenvalue weighted by Gasteiger charge is 2.20. The summed E-state index contributed by atoms with van der Waals surface area (Å²) in [5.74, 6) is 0.686. The van der Waals surface area contributed by atoms with Crippen LogP contribution in [0.25, 0.3) is 11.4 Å². The summed E-state index contributed by atoms with van der Waals surface area (Å²) >= 11 is 7.27. The number of aromatic nitrogens is 4. The molecule has 6 nitrogen and oxygen atoms in total. The van der Waals surface area contributed by atoms with Crippen LogP contribution in [0, 0.1) is 0 Å². The van der Waals surface area contributed by atoms with Crippen LogP contribution < -0.4 is 5.32 Å². The van der Waals surface area contributed by atoms with Crippen molar-refractivity contribution in [3.8, 4) is 11.4 Å². The van der Waals surface area contributed by atoms with Gasteiger partial charge in [0.2, 0.25) is 5.91 Å². The van der Waals surface area contributed by atoms with E-state index in [1.807, 2.05) is 23.6 Å². The number of pyridine rings is 1. The molecule has 1 aromatic carbocycles. The Morgan fingerprint density at radius 3 is 2.56 bits per heavy atom. The molecule has 2 heterocycles. The number of hydrogen-bond acceptors (Lipinski definition) is 5. The Morgan fingerprint density at radius 1 is 1.19 bits per heavy atom. The van der Waals surface area contributed by atoms with Crippen molar-refractivity contribution in [3.05, 3.63) is 53.8 Å². The maximum atomic E-state index is 12.5. The summed E-state index contributed by atoms with van der Waals surface area (Å²) in [5.41, 5.74) is 1.67. The number of anilines is 1. The lowest BCUT2D eigenvalue weighted by molar-refractivity contribution is -0.115. The summed E-state index contributed by atoms with van der Waals surface area (Å²) in [5, 5.41) is 12.6. The van der Waals surface area contributed by atoms with Crippen molar-refractivity contribution in [1.29, 1.82) is 0 Å². The number of halogens is 1. The van der Waals surface area contributed by atoms with E-state index in [1.54, 1.807) is 36.7 Å². The first-order chi connectivity index (χ1) is 13.1. The lowest BCUT2D eigenvalue weighted by atomic mass is 10.2. The fraction of sp³-hybridized carbons (Fsp3) is 0.263. The second-order valence-corrected chi connectivity index (χ2v) is 7.69. The summed E-state index contributed by atoms with van der Waals surface area (Å²) in [6.45, 7) is 4.73. The van der Waals surface area contributed by atoms with Gasteiger partial charge in [0.15, 0.2) is 11.0 Å². The molecule has 3 rings (SSSR count). The van der Waals surface area contributed by atoms with Crippen LogP contribution in [-0.2, 0) is 11.3 Å². The molecular formula is C19H20ClN5OS. The molecule has 0 spiro atoms. The lowest BCUT2D eigenvalue weighted by Crippen LogP contribution is -2.23. The van der Waals surface area contributed by atoms with E-state index in [4.69, 9.17) is 11.6 Å². The zero-order valence-electron chi connectivity index (χ0n) is 15.1. The van der Waals surface area contributed by atoms with Crippen LogP contribution in [0.3, 0.4) is 0 Å². The van der Waals surface area contributed by atoms with E-state index in [-0.39, 0.29) is 11.2 Å². The fourth-order valence-corrected chi connectivity index (χ4v) is 3.51. The molecular weight excluding hydrogens is 382 g/mol. The van der Waals surface area contributed by atoms with E-state index in [1.165, 1.54) is 11.8 Å². The quantitative estimate of drug-likeness (QED) is 0.589. The van der Waals surface area contributed by atoms with Crippen molar-refractivity contribution in [1.82, 2.24) is 19.7 Å². The topological polar surface area (TPSA) is 72.7 Å². The number of rotatable bonds is 7. The SMILES string of the molecule is CCCn1c(SC(C)C(=O)Nc2ccc(Cl)cc2)nnc1-c1ccncc1. The van der Waals surface area contributed by atoms with Gasteiger partial charge in [0.1, 0.15) is 0 Å². The van der Waals surface area contributed by atoms with Crippen molar-refractivity contribution < 1.29 is 4.79 Å². The first-order valence-corrected chi connectivity index (χ1v) is 9.91. The van der Waals surface area contributed by atoms with Gasteiger partial charge in [-0.05, 0) is 49.7 Å². The zero-order valence-corrected chi connectivity index (χ0v) is 16.7. The smallest absolute Gasteiger partial charge is 0.237 e. The van der Waals surface area contributed by atoms with Gasteiger partial charge in [-0.1, -0.05) is 30.3 Å². The summed E-state index contributed by atoms with van der Waals surface area (Å²) in [4.78, 5) is 16.6. The number of hydrogen-bond donors (Lipinski definition) is 1. The average molecular weight is 402 g/mol. The lowest BCUT2D eigenvalue weighted by Gasteiger charge is -2.13. The Kier molecular flexibility index (Phi) is 6.47. The first kappa shape index (κ1) is 19.4. The second-order valence-electron chi connectivity index (χ2n) is 5.95. The van der Waals surface area contributed by atoms with Gasteiger partial charge < -0.3 is 9.88 Å². The van der Waals surface area contributed by atoms with Gasteiger partial charge in [-0.2, -0.15) is 0 Å². The van der Waals surface area contributed by atoms with E-state index in [9.17, 15) is 4.79 Å². The Bertz CT molecular complexity index is 898. The molecule has 0 aliphatic rings. The third-order valence-corrected chi connectivity index (χ3v) is 5.20. The molecule has 0 fully saturated rings. The van der Waals surface area contributed by atoms with E-state index in [2.05, 4.69) is 27.4 Å². The minimum Gasteiger partial charge on any atom is -0.325 e.